The summed E-state index contributed by atoms with van der Waals surface area (Å²) in [6.07, 6.45) is 1.28. The van der Waals surface area contributed by atoms with E-state index in [2.05, 4.69) is 14.9 Å². The fourth-order valence-corrected chi connectivity index (χ4v) is 3.02. The molecule has 0 spiro atoms. The number of rotatable bonds is 6. The molecule has 0 fully saturated rings. The topological polar surface area (TPSA) is 93.3 Å². The van der Waals surface area contributed by atoms with Gasteiger partial charge in [0.05, 0.1) is 26.1 Å². The number of benzene rings is 1. The third kappa shape index (κ3) is 3.34. The highest BCUT2D eigenvalue weighted by molar-refractivity contribution is 7.89. The molecule has 0 amide bonds. The maximum absolute atomic E-state index is 12.2. The molecule has 1 aromatic heterocycles. The maximum atomic E-state index is 12.2. The minimum atomic E-state index is -3.63. The summed E-state index contributed by atoms with van der Waals surface area (Å²) in [6, 6.07) is 5.20. The van der Waals surface area contributed by atoms with Gasteiger partial charge in [-0.1, -0.05) is 0 Å². The Morgan fingerprint density at radius 3 is 2.62 bits per heavy atom. The molecule has 0 bridgehead atoms. The lowest BCUT2D eigenvalue weighted by Crippen LogP contribution is -2.23. The molecule has 0 atom stereocenters. The predicted molar refractivity (Wildman–Crippen MR) is 76.9 cm³/mol. The van der Waals surface area contributed by atoms with E-state index in [-0.39, 0.29) is 11.4 Å². The van der Waals surface area contributed by atoms with Gasteiger partial charge < -0.3 is 9.47 Å². The first-order valence-corrected chi connectivity index (χ1v) is 7.67. The van der Waals surface area contributed by atoms with E-state index in [0.717, 1.165) is 0 Å². The summed E-state index contributed by atoms with van der Waals surface area (Å²) in [5, 5.41) is 6.32. The number of nitrogens with zero attached hydrogens (tertiary/aromatic N) is 1. The van der Waals surface area contributed by atoms with Crippen LogP contribution >= 0.6 is 0 Å². The lowest BCUT2D eigenvalue weighted by molar-refractivity contribution is 0.398. The zero-order chi connectivity index (χ0) is 15.5. The smallest absolute Gasteiger partial charge is 0.244 e. The number of hydrogen-bond acceptors (Lipinski definition) is 5. The number of H-pyrrole nitrogens is 1. The van der Waals surface area contributed by atoms with Crippen molar-refractivity contribution in [3.05, 3.63) is 35.7 Å². The standard InChI is InChI=1S/C13H17N3O4S/c1-9-13(8-14-16-9)21(17,18)15-7-10-6-11(19-2)4-5-12(10)20-3/h4-6,8,15H,7H2,1-3H3,(H,14,16). The van der Waals surface area contributed by atoms with E-state index in [1.165, 1.54) is 13.3 Å². The molecule has 0 aliphatic heterocycles. The van der Waals surface area contributed by atoms with Crippen molar-refractivity contribution in [3.63, 3.8) is 0 Å². The largest absolute Gasteiger partial charge is 0.497 e. The van der Waals surface area contributed by atoms with Crippen molar-refractivity contribution in [3.8, 4) is 11.5 Å². The van der Waals surface area contributed by atoms with Crippen LogP contribution in [-0.2, 0) is 16.6 Å². The van der Waals surface area contributed by atoms with E-state index in [9.17, 15) is 8.42 Å². The van der Waals surface area contributed by atoms with Crippen molar-refractivity contribution in [2.24, 2.45) is 0 Å². The normalized spacial score (nSPS) is 11.4. The van der Waals surface area contributed by atoms with E-state index in [4.69, 9.17) is 9.47 Å². The minimum Gasteiger partial charge on any atom is -0.497 e. The van der Waals surface area contributed by atoms with Gasteiger partial charge in [0.25, 0.3) is 0 Å². The zero-order valence-electron chi connectivity index (χ0n) is 12.0. The van der Waals surface area contributed by atoms with E-state index in [1.807, 2.05) is 0 Å². The molecule has 2 N–H and O–H groups in total. The van der Waals surface area contributed by atoms with Gasteiger partial charge in [-0.05, 0) is 25.1 Å². The number of sulfonamides is 1. The zero-order valence-corrected chi connectivity index (χ0v) is 12.8. The number of aromatic amines is 1. The number of nitrogens with one attached hydrogen (secondary N) is 2. The molecule has 0 unspecified atom stereocenters. The summed E-state index contributed by atoms with van der Waals surface area (Å²) in [5.41, 5.74) is 1.17. The van der Waals surface area contributed by atoms with Crippen LogP contribution in [0.3, 0.4) is 0 Å². The Hall–Kier alpha value is -2.06. The number of aryl methyl sites for hydroxylation is 1. The van der Waals surface area contributed by atoms with Gasteiger partial charge in [0.2, 0.25) is 10.0 Å². The number of ether oxygens (including phenoxy) is 2. The fraction of sp³-hybridized carbons (Fsp3) is 0.308. The Morgan fingerprint density at radius 1 is 1.29 bits per heavy atom. The molecular formula is C13H17N3O4S. The average molecular weight is 311 g/mol. The van der Waals surface area contributed by atoms with Crippen molar-refractivity contribution >= 4 is 10.0 Å². The second-order valence-electron chi connectivity index (χ2n) is 4.36. The molecule has 1 aromatic carbocycles. The second-order valence-corrected chi connectivity index (χ2v) is 6.10. The Morgan fingerprint density at radius 2 is 2.05 bits per heavy atom. The van der Waals surface area contributed by atoms with Gasteiger partial charge in [0, 0.05) is 12.1 Å². The molecular weight excluding hydrogens is 294 g/mol. The summed E-state index contributed by atoms with van der Waals surface area (Å²) < 4.78 is 37.3. The average Bonchev–Trinajstić information content (AvgIpc) is 2.92. The van der Waals surface area contributed by atoms with Crippen LogP contribution in [0.2, 0.25) is 0 Å². The van der Waals surface area contributed by atoms with Crippen LogP contribution < -0.4 is 14.2 Å². The maximum Gasteiger partial charge on any atom is 0.244 e. The van der Waals surface area contributed by atoms with Crippen molar-refractivity contribution in [1.29, 1.82) is 0 Å². The van der Waals surface area contributed by atoms with Crippen molar-refractivity contribution in [2.45, 2.75) is 18.4 Å². The number of methoxy groups -OCH3 is 2. The highest BCUT2D eigenvalue weighted by Crippen LogP contribution is 2.24. The van der Waals surface area contributed by atoms with Gasteiger partial charge in [-0.25, -0.2) is 13.1 Å². The second kappa shape index (κ2) is 6.15. The molecule has 1 heterocycles. The summed E-state index contributed by atoms with van der Waals surface area (Å²) in [4.78, 5) is 0.129. The lowest BCUT2D eigenvalue weighted by Gasteiger charge is -2.11. The molecule has 0 saturated carbocycles. The summed E-state index contributed by atoms with van der Waals surface area (Å²) in [5.74, 6) is 1.21. The SMILES string of the molecule is COc1ccc(OC)c(CNS(=O)(=O)c2cn[nH]c2C)c1. The molecule has 8 heteroatoms. The summed E-state index contributed by atoms with van der Waals surface area (Å²) in [6.45, 7) is 1.74. The van der Waals surface area contributed by atoms with Gasteiger partial charge in [-0.15, -0.1) is 0 Å². The first kappa shape index (κ1) is 15.3. The molecule has 0 saturated heterocycles. The fourth-order valence-electron chi connectivity index (χ4n) is 1.88. The number of aromatic nitrogens is 2. The molecule has 2 rings (SSSR count). The van der Waals surface area contributed by atoms with Crippen LogP contribution in [0.5, 0.6) is 11.5 Å². The van der Waals surface area contributed by atoms with Gasteiger partial charge in [-0.3, -0.25) is 5.10 Å². The van der Waals surface area contributed by atoms with Crippen LogP contribution in [0.25, 0.3) is 0 Å². The van der Waals surface area contributed by atoms with Crippen LogP contribution in [0.4, 0.5) is 0 Å². The summed E-state index contributed by atoms with van der Waals surface area (Å²) >= 11 is 0. The molecule has 0 radical (unpaired) electrons. The van der Waals surface area contributed by atoms with E-state index >= 15 is 0 Å². The van der Waals surface area contributed by atoms with Gasteiger partial charge in [0.1, 0.15) is 16.4 Å². The highest BCUT2D eigenvalue weighted by Gasteiger charge is 2.19. The first-order chi connectivity index (χ1) is 9.97. The third-order valence-electron chi connectivity index (χ3n) is 3.01. The monoisotopic (exact) mass is 311 g/mol. The van der Waals surface area contributed by atoms with Crippen LogP contribution in [-0.4, -0.2) is 32.8 Å². The van der Waals surface area contributed by atoms with E-state index in [1.54, 1.807) is 32.2 Å². The quantitative estimate of drug-likeness (QED) is 0.836. The van der Waals surface area contributed by atoms with E-state index in [0.29, 0.717) is 22.8 Å². The van der Waals surface area contributed by atoms with Crippen LogP contribution in [0, 0.1) is 6.92 Å². The highest BCUT2D eigenvalue weighted by atomic mass is 32.2. The van der Waals surface area contributed by atoms with E-state index < -0.39 is 10.0 Å². The van der Waals surface area contributed by atoms with Gasteiger partial charge in [-0.2, -0.15) is 5.10 Å². The molecule has 21 heavy (non-hydrogen) atoms. The molecule has 0 aliphatic carbocycles. The predicted octanol–water partition coefficient (Wildman–Crippen LogP) is 1.21. The Labute approximate surface area is 123 Å². The molecule has 0 aliphatic rings. The van der Waals surface area contributed by atoms with Crippen LogP contribution in [0.1, 0.15) is 11.3 Å². The summed E-state index contributed by atoms with van der Waals surface area (Å²) in [7, 11) is -0.556. The van der Waals surface area contributed by atoms with Crippen LogP contribution in [0.15, 0.2) is 29.3 Å². The third-order valence-corrected chi connectivity index (χ3v) is 4.53. The molecule has 2 aromatic rings. The van der Waals surface area contributed by atoms with Crippen molar-refractivity contribution < 1.29 is 17.9 Å². The Balaban J connectivity index is 2.21. The Bertz CT molecular complexity index is 725. The minimum absolute atomic E-state index is 0.0906. The Kier molecular flexibility index (Phi) is 4.49. The molecule has 114 valence electrons. The van der Waals surface area contributed by atoms with Crippen molar-refractivity contribution in [1.82, 2.24) is 14.9 Å². The van der Waals surface area contributed by atoms with Gasteiger partial charge >= 0.3 is 0 Å². The van der Waals surface area contributed by atoms with Gasteiger partial charge in [0.15, 0.2) is 0 Å². The lowest BCUT2D eigenvalue weighted by atomic mass is 10.2. The molecule has 7 nitrogen and oxygen atoms in total. The van der Waals surface area contributed by atoms with Crippen molar-refractivity contribution in [2.75, 3.05) is 14.2 Å². The number of hydrogen-bond donors (Lipinski definition) is 2. The first-order valence-electron chi connectivity index (χ1n) is 6.18.